The SMILES string of the molecule is CCCCCNC(=NC)NCCCOCc1ccco1. The average molecular weight is 281 g/mol. The molecule has 5 nitrogen and oxygen atoms in total. The molecule has 0 aromatic carbocycles. The molecule has 1 aromatic rings. The molecule has 0 unspecified atom stereocenters. The van der Waals surface area contributed by atoms with Crippen molar-refractivity contribution in [3.05, 3.63) is 24.2 Å². The van der Waals surface area contributed by atoms with Crippen molar-refractivity contribution in [2.75, 3.05) is 26.7 Å². The highest BCUT2D eigenvalue weighted by Gasteiger charge is 1.97. The van der Waals surface area contributed by atoms with Gasteiger partial charge in [0.15, 0.2) is 5.96 Å². The molecule has 0 aliphatic carbocycles. The second kappa shape index (κ2) is 11.3. The maximum Gasteiger partial charge on any atom is 0.190 e. The van der Waals surface area contributed by atoms with Crippen LogP contribution in [0.5, 0.6) is 0 Å². The van der Waals surface area contributed by atoms with Crippen molar-refractivity contribution in [2.24, 2.45) is 4.99 Å². The summed E-state index contributed by atoms with van der Waals surface area (Å²) in [4.78, 5) is 4.18. The Morgan fingerprint density at radius 2 is 2.05 bits per heavy atom. The monoisotopic (exact) mass is 281 g/mol. The minimum Gasteiger partial charge on any atom is -0.467 e. The molecule has 0 saturated carbocycles. The van der Waals surface area contributed by atoms with Gasteiger partial charge in [-0.2, -0.15) is 0 Å². The van der Waals surface area contributed by atoms with Crippen molar-refractivity contribution in [1.82, 2.24) is 10.6 Å². The molecule has 0 spiro atoms. The van der Waals surface area contributed by atoms with Gasteiger partial charge in [0, 0.05) is 26.7 Å². The minimum absolute atomic E-state index is 0.539. The number of nitrogens with one attached hydrogen (secondary N) is 2. The number of hydrogen-bond acceptors (Lipinski definition) is 3. The molecular formula is C15H27N3O2. The first-order chi connectivity index (χ1) is 9.86. The predicted molar refractivity (Wildman–Crippen MR) is 81.9 cm³/mol. The summed E-state index contributed by atoms with van der Waals surface area (Å²) in [6.07, 6.45) is 6.28. The van der Waals surface area contributed by atoms with Crippen LogP contribution in [0.2, 0.25) is 0 Å². The summed E-state index contributed by atoms with van der Waals surface area (Å²) in [5.74, 6) is 1.73. The van der Waals surface area contributed by atoms with Crippen LogP contribution in [-0.4, -0.2) is 32.7 Å². The van der Waals surface area contributed by atoms with Crippen LogP contribution < -0.4 is 10.6 Å². The lowest BCUT2D eigenvalue weighted by Gasteiger charge is -2.11. The summed E-state index contributed by atoms with van der Waals surface area (Å²) in [5.41, 5.74) is 0. The van der Waals surface area contributed by atoms with E-state index in [2.05, 4.69) is 22.5 Å². The molecule has 1 aromatic heterocycles. The molecule has 0 fully saturated rings. The van der Waals surface area contributed by atoms with E-state index in [0.717, 1.165) is 31.2 Å². The Kier molecular flexibility index (Phi) is 9.40. The predicted octanol–water partition coefficient (Wildman–Crippen LogP) is 2.54. The molecule has 5 heteroatoms. The lowest BCUT2D eigenvalue weighted by molar-refractivity contribution is 0.105. The molecule has 0 aliphatic rings. The van der Waals surface area contributed by atoms with Crippen molar-refractivity contribution < 1.29 is 9.15 Å². The normalized spacial score (nSPS) is 11.6. The molecule has 0 radical (unpaired) electrons. The van der Waals surface area contributed by atoms with Gasteiger partial charge in [-0.1, -0.05) is 19.8 Å². The van der Waals surface area contributed by atoms with Crippen LogP contribution in [0.3, 0.4) is 0 Å². The van der Waals surface area contributed by atoms with E-state index >= 15 is 0 Å². The number of hydrogen-bond donors (Lipinski definition) is 2. The third-order valence-corrected chi connectivity index (χ3v) is 2.88. The summed E-state index contributed by atoms with van der Waals surface area (Å²) < 4.78 is 10.7. The summed E-state index contributed by atoms with van der Waals surface area (Å²) in [5, 5.41) is 6.58. The van der Waals surface area contributed by atoms with E-state index in [0.29, 0.717) is 13.2 Å². The summed E-state index contributed by atoms with van der Waals surface area (Å²) >= 11 is 0. The van der Waals surface area contributed by atoms with Crippen molar-refractivity contribution in [3.8, 4) is 0 Å². The van der Waals surface area contributed by atoms with Crippen LogP contribution in [0.25, 0.3) is 0 Å². The molecule has 0 atom stereocenters. The van der Waals surface area contributed by atoms with Gasteiger partial charge in [-0.15, -0.1) is 0 Å². The standard InChI is InChI=1S/C15H27N3O2/c1-3-4-5-9-17-15(16-2)18-10-7-11-19-13-14-8-6-12-20-14/h6,8,12H,3-5,7,9-11,13H2,1-2H3,(H2,16,17,18). The molecule has 0 amide bonds. The number of aliphatic imine (C=N–C) groups is 1. The lowest BCUT2D eigenvalue weighted by atomic mass is 10.2. The molecule has 0 bridgehead atoms. The average Bonchev–Trinajstić information content (AvgIpc) is 2.98. The summed E-state index contributed by atoms with van der Waals surface area (Å²) in [6, 6.07) is 3.79. The quantitative estimate of drug-likeness (QED) is 0.393. The van der Waals surface area contributed by atoms with Gasteiger partial charge >= 0.3 is 0 Å². The van der Waals surface area contributed by atoms with E-state index in [1.54, 1.807) is 13.3 Å². The van der Waals surface area contributed by atoms with E-state index in [-0.39, 0.29) is 0 Å². The Hall–Kier alpha value is -1.49. The highest BCUT2D eigenvalue weighted by molar-refractivity contribution is 5.79. The first kappa shape index (κ1) is 16.6. The smallest absolute Gasteiger partial charge is 0.190 e. The third-order valence-electron chi connectivity index (χ3n) is 2.88. The van der Waals surface area contributed by atoms with Crippen molar-refractivity contribution in [2.45, 2.75) is 39.2 Å². The number of rotatable bonds is 10. The van der Waals surface area contributed by atoms with Crippen LogP contribution in [0, 0.1) is 0 Å². The van der Waals surface area contributed by atoms with Gasteiger partial charge in [0.05, 0.1) is 6.26 Å². The molecule has 20 heavy (non-hydrogen) atoms. The number of ether oxygens (including phenoxy) is 1. The topological polar surface area (TPSA) is 58.8 Å². The highest BCUT2D eigenvalue weighted by atomic mass is 16.5. The van der Waals surface area contributed by atoms with E-state index < -0.39 is 0 Å². The van der Waals surface area contributed by atoms with Crippen molar-refractivity contribution in [3.63, 3.8) is 0 Å². The van der Waals surface area contributed by atoms with Gasteiger partial charge in [-0.05, 0) is 25.0 Å². The fourth-order valence-electron chi connectivity index (χ4n) is 1.75. The largest absolute Gasteiger partial charge is 0.467 e. The summed E-state index contributed by atoms with van der Waals surface area (Å²) in [6.45, 7) is 5.28. The Labute approximate surface area is 121 Å². The zero-order valence-corrected chi connectivity index (χ0v) is 12.7. The molecule has 114 valence electrons. The van der Waals surface area contributed by atoms with Crippen LogP contribution in [0.4, 0.5) is 0 Å². The van der Waals surface area contributed by atoms with Crippen LogP contribution >= 0.6 is 0 Å². The summed E-state index contributed by atoms with van der Waals surface area (Å²) in [7, 11) is 1.79. The van der Waals surface area contributed by atoms with Crippen LogP contribution in [-0.2, 0) is 11.3 Å². The Bertz CT molecular complexity index is 350. The number of nitrogens with zero attached hydrogens (tertiary/aromatic N) is 1. The van der Waals surface area contributed by atoms with Gasteiger partial charge < -0.3 is 19.8 Å². The fourth-order valence-corrected chi connectivity index (χ4v) is 1.75. The third kappa shape index (κ3) is 7.84. The van der Waals surface area contributed by atoms with Gasteiger partial charge in [0.25, 0.3) is 0 Å². The highest BCUT2D eigenvalue weighted by Crippen LogP contribution is 2.01. The lowest BCUT2D eigenvalue weighted by Crippen LogP contribution is -2.38. The Morgan fingerprint density at radius 1 is 1.25 bits per heavy atom. The second-order valence-electron chi connectivity index (χ2n) is 4.62. The first-order valence-corrected chi connectivity index (χ1v) is 7.41. The van der Waals surface area contributed by atoms with E-state index in [1.165, 1.54) is 19.3 Å². The molecule has 1 heterocycles. The van der Waals surface area contributed by atoms with E-state index in [9.17, 15) is 0 Å². The maximum atomic E-state index is 5.51. The van der Waals surface area contributed by atoms with Gasteiger partial charge in [-0.25, -0.2) is 0 Å². The molecular weight excluding hydrogens is 254 g/mol. The Morgan fingerprint density at radius 3 is 2.70 bits per heavy atom. The van der Waals surface area contributed by atoms with Crippen molar-refractivity contribution in [1.29, 1.82) is 0 Å². The van der Waals surface area contributed by atoms with Gasteiger partial charge in [-0.3, -0.25) is 4.99 Å². The van der Waals surface area contributed by atoms with Crippen LogP contribution in [0.1, 0.15) is 38.4 Å². The molecule has 0 saturated heterocycles. The molecule has 1 rings (SSSR count). The van der Waals surface area contributed by atoms with E-state index in [4.69, 9.17) is 9.15 Å². The number of unbranched alkanes of at least 4 members (excludes halogenated alkanes) is 2. The second-order valence-corrected chi connectivity index (χ2v) is 4.62. The van der Waals surface area contributed by atoms with E-state index in [1.807, 2.05) is 12.1 Å². The molecule has 0 aliphatic heterocycles. The fraction of sp³-hybridized carbons (Fsp3) is 0.667. The number of guanidine groups is 1. The molecule has 2 N–H and O–H groups in total. The zero-order valence-electron chi connectivity index (χ0n) is 12.7. The van der Waals surface area contributed by atoms with Crippen LogP contribution in [0.15, 0.2) is 27.8 Å². The Balaban J connectivity index is 1.95. The minimum atomic E-state index is 0.539. The van der Waals surface area contributed by atoms with Gasteiger partial charge in [0.1, 0.15) is 12.4 Å². The number of furan rings is 1. The van der Waals surface area contributed by atoms with Crippen molar-refractivity contribution >= 4 is 5.96 Å². The zero-order chi connectivity index (χ0) is 14.5. The van der Waals surface area contributed by atoms with Gasteiger partial charge in [0.2, 0.25) is 0 Å². The maximum absolute atomic E-state index is 5.51. The first-order valence-electron chi connectivity index (χ1n) is 7.41.